The molecule has 2 aromatic rings. The largest absolute Gasteiger partial charge is 0.392 e. The summed E-state index contributed by atoms with van der Waals surface area (Å²) >= 11 is 0. The Balaban J connectivity index is 2.07. The third kappa shape index (κ3) is 2.11. The number of hydrogen-bond donors (Lipinski definition) is 2. The van der Waals surface area contributed by atoms with Gasteiger partial charge in [-0.05, 0) is 37.1 Å². The number of piperidine rings is 1. The summed E-state index contributed by atoms with van der Waals surface area (Å²) in [5, 5.41) is 14.1. The van der Waals surface area contributed by atoms with Crippen LogP contribution in [0.1, 0.15) is 36.6 Å². The maximum Gasteiger partial charge on any atom is 0.0709 e. The second-order valence-electron chi connectivity index (χ2n) is 4.88. The number of nitrogens with one attached hydrogen (secondary N) is 1. The van der Waals surface area contributed by atoms with Crippen LogP contribution in [0.15, 0.2) is 30.3 Å². The van der Waals surface area contributed by atoms with Gasteiger partial charge >= 0.3 is 0 Å². The van der Waals surface area contributed by atoms with Crippen LogP contribution in [0.3, 0.4) is 0 Å². The topological polar surface area (TPSA) is 45.1 Å². The number of benzene rings is 1. The number of pyridine rings is 1. The molecule has 1 aromatic heterocycles. The first-order valence-corrected chi connectivity index (χ1v) is 6.61. The number of para-hydroxylation sites is 1. The summed E-state index contributed by atoms with van der Waals surface area (Å²) in [5.74, 6) is 0. The predicted octanol–water partition coefficient (Wildman–Crippen LogP) is 2.54. The lowest BCUT2D eigenvalue weighted by Crippen LogP contribution is -2.27. The van der Waals surface area contributed by atoms with Crippen LogP contribution in [-0.4, -0.2) is 16.6 Å². The van der Waals surface area contributed by atoms with Crippen molar-refractivity contribution in [3.05, 3.63) is 41.6 Å². The Morgan fingerprint density at radius 3 is 2.94 bits per heavy atom. The van der Waals surface area contributed by atoms with Crippen molar-refractivity contribution in [2.45, 2.75) is 31.9 Å². The van der Waals surface area contributed by atoms with E-state index in [-0.39, 0.29) is 6.61 Å². The third-order valence-corrected chi connectivity index (χ3v) is 3.66. The minimum Gasteiger partial charge on any atom is -0.392 e. The maximum atomic E-state index is 9.51. The van der Waals surface area contributed by atoms with E-state index < -0.39 is 0 Å². The van der Waals surface area contributed by atoms with Gasteiger partial charge in [-0.25, -0.2) is 0 Å². The van der Waals surface area contributed by atoms with Gasteiger partial charge < -0.3 is 10.4 Å². The van der Waals surface area contributed by atoms with Crippen LogP contribution in [0.25, 0.3) is 10.9 Å². The molecule has 1 aliphatic rings. The van der Waals surface area contributed by atoms with Gasteiger partial charge in [-0.3, -0.25) is 4.98 Å². The summed E-state index contributed by atoms with van der Waals surface area (Å²) in [6, 6.07) is 10.4. The normalized spacial score (nSPS) is 20.2. The van der Waals surface area contributed by atoms with Gasteiger partial charge in [0.05, 0.1) is 17.8 Å². The Labute approximate surface area is 107 Å². The molecule has 0 spiro atoms. The van der Waals surface area contributed by atoms with Gasteiger partial charge in [0.25, 0.3) is 0 Å². The zero-order chi connectivity index (χ0) is 12.4. The third-order valence-electron chi connectivity index (χ3n) is 3.66. The minimum atomic E-state index is 0.0722. The molecule has 1 fully saturated rings. The monoisotopic (exact) mass is 242 g/mol. The fraction of sp³-hybridized carbons (Fsp3) is 0.400. The Hall–Kier alpha value is -1.45. The number of rotatable bonds is 2. The van der Waals surface area contributed by atoms with E-state index >= 15 is 0 Å². The average Bonchev–Trinajstić information content (AvgIpc) is 2.47. The highest BCUT2D eigenvalue weighted by Gasteiger charge is 2.17. The summed E-state index contributed by atoms with van der Waals surface area (Å²) in [6.07, 6.45) is 3.63. The number of aliphatic hydroxyl groups is 1. The lowest BCUT2D eigenvalue weighted by Gasteiger charge is -2.23. The lowest BCUT2D eigenvalue weighted by atomic mass is 9.99. The first-order chi connectivity index (χ1) is 8.88. The lowest BCUT2D eigenvalue weighted by molar-refractivity contribution is 0.283. The summed E-state index contributed by atoms with van der Waals surface area (Å²) in [6.45, 7) is 1.14. The van der Waals surface area contributed by atoms with Crippen molar-refractivity contribution < 1.29 is 5.11 Å². The Morgan fingerprint density at radius 2 is 2.17 bits per heavy atom. The second-order valence-corrected chi connectivity index (χ2v) is 4.88. The van der Waals surface area contributed by atoms with Gasteiger partial charge in [-0.1, -0.05) is 24.6 Å². The molecule has 0 bridgehead atoms. The van der Waals surface area contributed by atoms with Crippen molar-refractivity contribution in [3.63, 3.8) is 0 Å². The van der Waals surface area contributed by atoms with E-state index in [1.807, 2.05) is 30.3 Å². The maximum absolute atomic E-state index is 9.51. The molecule has 0 amide bonds. The minimum absolute atomic E-state index is 0.0722. The highest BCUT2D eigenvalue weighted by atomic mass is 16.3. The molecule has 2 N–H and O–H groups in total. The SMILES string of the molecule is OCc1cc(C2CCCCN2)nc2ccccc12. The molecule has 1 unspecified atom stereocenters. The average molecular weight is 242 g/mol. The van der Waals surface area contributed by atoms with Crippen LogP contribution < -0.4 is 5.32 Å². The predicted molar refractivity (Wildman–Crippen MR) is 72.3 cm³/mol. The van der Waals surface area contributed by atoms with Crippen molar-refractivity contribution in [1.29, 1.82) is 0 Å². The molecule has 3 heteroatoms. The van der Waals surface area contributed by atoms with Crippen LogP contribution in [0.4, 0.5) is 0 Å². The number of nitrogens with zero attached hydrogens (tertiary/aromatic N) is 1. The van der Waals surface area contributed by atoms with Crippen molar-refractivity contribution >= 4 is 10.9 Å². The van der Waals surface area contributed by atoms with Crippen LogP contribution in [0.2, 0.25) is 0 Å². The van der Waals surface area contributed by atoms with Crippen LogP contribution >= 0.6 is 0 Å². The first kappa shape index (κ1) is 11.6. The Morgan fingerprint density at radius 1 is 1.28 bits per heavy atom. The first-order valence-electron chi connectivity index (χ1n) is 6.61. The molecule has 0 saturated carbocycles. The summed E-state index contributed by atoms with van der Waals surface area (Å²) in [4.78, 5) is 4.73. The molecule has 0 radical (unpaired) electrons. The second kappa shape index (κ2) is 5.04. The smallest absolute Gasteiger partial charge is 0.0709 e. The number of hydrogen-bond acceptors (Lipinski definition) is 3. The molecule has 2 heterocycles. The van der Waals surface area contributed by atoms with Gasteiger partial charge in [0.15, 0.2) is 0 Å². The molecule has 18 heavy (non-hydrogen) atoms. The molecule has 1 atom stereocenters. The van der Waals surface area contributed by atoms with Gasteiger partial charge in [-0.2, -0.15) is 0 Å². The highest BCUT2D eigenvalue weighted by molar-refractivity contribution is 5.82. The van der Waals surface area contributed by atoms with Crippen molar-refractivity contribution in [2.75, 3.05) is 6.54 Å². The zero-order valence-electron chi connectivity index (χ0n) is 10.4. The summed E-state index contributed by atoms with van der Waals surface area (Å²) in [5.41, 5.74) is 3.02. The molecule has 1 saturated heterocycles. The van der Waals surface area contributed by atoms with Crippen molar-refractivity contribution in [3.8, 4) is 0 Å². The Bertz CT molecular complexity index is 547. The molecule has 1 aromatic carbocycles. The number of fused-ring (bicyclic) bond motifs is 1. The quantitative estimate of drug-likeness (QED) is 0.850. The zero-order valence-corrected chi connectivity index (χ0v) is 10.4. The van der Waals surface area contributed by atoms with E-state index in [4.69, 9.17) is 4.98 Å². The van der Waals surface area contributed by atoms with Crippen LogP contribution in [0.5, 0.6) is 0 Å². The van der Waals surface area contributed by atoms with E-state index in [9.17, 15) is 5.11 Å². The van der Waals surface area contributed by atoms with Gasteiger partial charge in [0.1, 0.15) is 0 Å². The summed E-state index contributed by atoms with van der Waals surface area (Å²) < 4.78 is 0. The summed E-state index contributed by atoms with van der Waals surface area (Å²) in [7, 11) is 0. The van der Waals surface area contributed by atoms with Gasteiger partial charge in [0.2, 0.25) is 0 Å². The Kier molecular flexibility index (Phi) is 3.26. The van der Waals surface area contributed by atoms with E-state index in [0.29, 0.717) is 6.04 Å². The van der Waals surface area contributed by atoms with Crippen molar-refractivity contribution in [2.24, 2.45) is 0 Å². The molecule has 0 aliphatic carbocycles. The molecule has 1 aliphatic heterocycles. The van der Waals surface area contributed by atoms with Gasteiger partial charge in [0, 0.05) is 11.4 Å². The van der Waals surface area contributed by atoms with Crippen LogP contribution in [0, 0.1) is 0 Å². The molecule has 3 rings (SSSR count). The van der Waals surface area contributed by atoms with E-state index in [1.54, 1.807) is 0 Å². The van der Waals surface area contributed by atoms with Gasteiger partial charge in [-0.15, -0.1) is 0 Å². The fourth-order valence-corrected chi connectivity index (χ4v) is 2.68. The fourth-order valence-electron chi connectivity index (χ4n) is 2.68. The number of aliphatic hydroxyl groups excluding tert-OH is 1. The number of aromatic nitrogens is 1. The molecule has 3 nitrogen and oxygen atoms in total. The highest BCUT2D eigenvalue weighted by Crippen LogP contribution is 2.26. The molecule has 94 valence electrons. The van der Waals surface area contributed by atoms with Crippen LogP contribution in [-0.2, 0) is 6.61 Å². The van der Waals surface area contributed by atoms with E-state index in [1.165, 1.54) is 12.8 Å². The van der Waals surface area contributed by atoms with E-state index in [0.717, 1.165) is 35.1 Å². The van der Waals surface area contributed by atoms with E-state index in [2.05, 4.69) is 5.32 Å². The van der Waals surface area contributed by atoms with Crippen molar-refractivity contribution in [1.82, 2.24) is 10.3 Å². The standard InChI is InChI=1S/C15H18N2O/c18-10-11-9-15(14-7-3-4-8-16-14)17-13-6-2-1-5-12(11)13/h1-2,5-6,9,14,16,18H,3-4,7-8,10H2. The molecular formula is C15H18N2O. The molecular weight excluding hydrogens is 224 g/mol.